The molecule has 0 bridgehead atoms. The van der Waals surface area contributed by atoms with Crippen LogP contribution in [-0.4, -0.2) is 59.1 Å². The maximum atomic E-state index is 11.3. The van der Waals surface area contributed by atoms with Crippen molar-refractivity contribution >= 4 is 17.8 Å². The zero-order valence-electron chi connectivity index (χ0n) is 8.39. The molecule has 0 aromatic heterocycles. The second-order valence-corrected chi connectivity index (χ2v) is 2.82. The molecule has 15 heavy (non-hydrogen) atoms. The molecular formula is C8H14N2O5. The largest absolute Gasteiger partial charge is 0.480 e. The van der Waals surface area contributed by atoms with Crippen LogP contribution in [0.25, 0.3) is 0 Å². The van der Waals surface area contributed by atoms with E-state index in [9.17, 15) is 14.4 Å². The van der Waals surface area contributed by atoms with E-state index in [1.807, 2.05) is 0 Å². The van der Waals surface area contributed by atoms with Gasteiger partial charge in [-0.25, -0.2) is 0 Å². The van der Waals surface area contributed by atoms with Gasteiger partial charge in [-0.1, -0.05) is 6.92 Å². The molecule has 0 aliphatic rings. The van der Waals surface area contributed by atoms with Crippen molar-refractivity contribution in [3.63, 3.8) is 0 Å². The first-order valence-corrected chi connectivity index (χ1v) is 4.39. The Kier molecular flexibility index (Phi) is 6.03. The van der Waals surface area contributed by atoms with E-state index in [1.54, 1.807) is 6.92 Å². The van der Waals surface area contributed by atoms with Crippen molar-refractivity contribution in [1.29, 1.82) is 0 Å². The predicted molar refractivity (Wildman–Crippen MR) is 50.4 cm³/mol. The number of nitrogens with zero attached hydrogens (tertiary/aromatic N) is 1. The summed E-state index contributed by atoms with van der Waals surface area (Å²) in [5, 5.41) is 19.6. The van der Waals surface area contributed by atoms with E-state index in [4.69, 9.17) is 10.2 Å². The first-order valence-electron chi connectivity index (χ1n) is 4.39. The van der Waals surface area contributed by atoms with E-state index in [2.05, 4.69) is 5.32 Å². The van der Waals surface area contributed by atoms with Crippen LogP contribution >= 0.6 is 0 Å². The van der Waals surface area contributed by atoms with Gasteiger partial charge < -0.3 is 20.4 Å². The van der Waals surface area contributed by atoms with Gasteiger partial charge in [0.15, 0.2) is 0 Å². The number of likely N-dealkylation sites (N-methyl/N-ethyl adjacent to an activating group) is 1. The molecule has 0 unspecified atom stereocenters. The summed E-state index contributed by atoms with van der Waals surface area (Å²) in [7, 11) is 0. The van der Waals surface area contributed by atoms with Crippen LogP contribution in [0.2, 0.25) is 0 Å². The van der Waals surface area contributed by atoms with Crippen LogP contribution in [0.5, 0.6) is 0 Å². The van der Waals surface area contributed by atoms with Crippen LogP contribution in [0.1, 0.15) is 6.92 Å². The third-order valence-corrected chi connectivity index (χ3v) is 1.53. The molecule has 0 heterocycles. The Bertz CT molecular complexity index is 237. The van der Waals surface area contributed by atoms with Crippen LogP contribution in [0.3, 0.4) is 0 Å². The van der Waals surface area contributed by atoms with Crippen molar-refractivity contribution < 1.29 is 24.6 Å². The summed E-state index contributed by atoms with van der Waals surface area (Å²) in [6, 6.07) is 0. The smallest absolute Gasteiger partial charge is 0.323 e. The Balaban J connectivity index is 4.26. The van der Waals surface area contributed by atoms with Crippen LogP contribution in [0.15, 0.2) is 0 Å². The fourth-order valence-electron chi connectivity index (χ4n) is 0.903. The van der Waals surface area contributed by atoms with Crippen molar-refractivity contribution in [2.24, 2.45) is 0 Å². The van der Waals surface area contributed by atoms with Gasteiger partial charge in [-0.15, -0.1) is 0 Å². The molecule has 0 radical (unpaired) electrons. The number of aliphatic carboxylic acids is 2. The minimum atomic E-state index is -1.24. The van der Waals surface area contributed by atoms with Crippen molar-refractivity contribution in [3.05, 3.63) is 0 Å². The monoisotopic (exact) mass is 218 g/mol. The molecule has 0 fully saturated rings. The molecule has 0 aliphatic heterocycles. The summed E-state index contributed by atoms with van der Waals surface area (Å²) in [4.78, 5) is 32.8. The minimum absolute atomic E-state index is 0.0585. The molecule has 3 N–H and O–H groups in total. The minimum Gasteiger partial charge on any atom is -0.480 e. The Hall–Kier alpha value is -1.63. The molecule has 0 saturated carbocycles. The highest BCUT2D eigenvalue weighted by atomic mass is 16.4. The fraction of sp³-hybridized carbons (Fsp3) is 0.625. The van der Waals surface area contributed by atoms with E-state index >= 15 is 0 Å². The highest BCUT2D eigenvalue weighted by Gasteiger charge is 2.18. The molecule has 0 saturated heterocycles. The number of nitrogens with one attached hydrogen (secondary N) is 1. The van der Waals surface area contributed by atoms with Gasteiger partial charge in [-0.3, -0.25) is 14.4 Å². The van der Waals surface area contributed by atoms with Crippen molar-refractivity contribution in [2.75, 3.05) is 26.2 Å². The number of carbonyl (C=O) groups excluding carboxylic acids is 1. The number of amides is 1. The Labute approximate surface area is 86.7 Å². The van der Waals surface area contributed by atoms with Gasteiger partial charge in [0.05, 0.1) is 6.54 Å². The summed E-state index contributed by atoms with van der Waals surface area (Å²) < 4.78 is 0. The fourth-order valence-corrected chi connectivity index (χ4v) is 0.903. The van der Waals surface area contributed by atoms with Crippen molar-refractivity contribution in [1.82, 2.24) is 10.2 Å². The first-order chi connectivity index (χ1) is 6.97. The average molecular weight is 218 g/mol. The zero-order valence-corrected chi connectivity index (χ0v) is 8.39. The Morgan fingerprint density at radius 1 is 1.13 bits per heavy atom. The lowest BCUT2D eigenvalue weighted by molar-refractivity contribution is -0.148. The maximum absolute atomic E-state index is 11.3. The standard InChI is InChI=1S/C8H14N2O5/c1-2-9-3-6(11)10(4-7(12)13)5-8(14)15/h9H,2-5H2,1H3,(H,12,13)(H,14,15). The summed E-state index contributed by atoms with van der Waals surface area (Å²) in [5.74, 6) is -3.01. The molecule has 0 rings (SSSR count). The number of hydrogen-bond donors (Lipinski definition) is 3. The molecule has 86 valence electrons. The van der Waals surface area contributed by atoms with Crippen LogP contribution in [0, 0.1) is 0 Å². The second-order valence-electron chi connectivity index (χ2n) is 2.82. The normalized spacial score (nSPS) is 9.67. The van der Waals surface area contributed by atoms with Crippen LogP contribution in [-0.2, 0) is 14.4 Å². The van der Waals surface area contributed by atoms with Gasteiger partial charge in [0, 0.05) is 0 Å². The first kappa shape index (κ1) is 13.4. The summed E-state index contributed by atoms with van der Waals surface area (Å²) in [5.41, 5.74) is 0. The lowest BCUT2D eigenvalue weighted by Gasteiger charge is -2.18. The zero-order chi connectivity index (χ0) is 11.8. The molecule has 0 aromatic carbocycles. The van der Waals surface area contributed by atoms with Crippen LogP contribution < -0.4 is 5.32 Å². The Morgan fingerprint density at radius 2 is 1.60 bits per heavy atom. The highest BCUT2D eigenvalue weighted by Crippen LogP contribution is 1.89. The van der Waals surface area contributed by atoms with E-state index in [0.29, 0.717) is 6.54 Å². The topological polar surface area (TPSA) is 107 Å². The van der Waals surface area contributed by atoms with E-state index < -0.39 is 30.9 Å². The van der Waals surface area contributed by atoms with Gasteiger partial charge in [0.1, 0.15) is 13.1 Å². The number of carbonyl (C=O) groups is 3. The maximum Gasteiger partial charge on any atom is 0.323 e. The van der Waals surface area contributed by atoms with Gasteiger partial charge in [-0.05, 0) is 6.54 Å². The second kappa shape index (κ2) is 6.77. The SMILES string of the molecule is CCNCC(=O)N(CC(=O)O)CC(=O)O. The molecular weight excluding hydrogens is 204 g/mol. The molecule has 0 atom stereocenters. The summed E-state index contributed by atoms with van der Waals surface area (Å²) >= 11 is 0. The van der Waals surface area contributed by atoms with Gasteiger partial charge in [0.25, 0.3) is 0 Å². The quantitative estimate of drug-likeness (QED) is 0.485. The average Bonchev–Trinajstić information content (AvgIpc) is 2.11. The summed E-state index contributed by atoms with van der Waals surface area (Å²) in [6.45, 7) is 1.08. The van der Waals surface area contributed by atoms with Crippen molar-refractivity contribution in [2.45, 2.75) is 6.92 Å². The van der Waals surface area contributed by atoms with Crippen LogP contribution in [0.4, 0.5) is 0 Å². The molecule has 7 heteroatoms. The number of rotatable bonds is 7. The van der Waals surface area contributed by atoms with E-state index in [1.165, 1.54) is 0 Å². The third-order valence-electron chi connectivity index (χ3n) is 1.53. The molecule has 7 nitrogen and oxygen atoms in total. The Morgan fingerprint density at radius 3 is 1.93 bits per heavy atom. The number of hydrogen-bond acceptors (Lipinski definition) is 4. The molecule has 0 aliphatic carbocycles. The van der Waals surface area contributed by atoms with Gasteiger partial charge >= 0.3 is 11.9 Å². The lowest BCUT2D eigenvalue weighted by Crippen LogP contribution is -2.43. The number of carboxylic acid groups (broad SMARTS) is 2. The predicted octanol–water partition coefficient (Wildman–Crippen LogP) is -1.41. The third kappa shape index (κ3) is 6.44. The van der Waals surface area contributed by atoms with Gasteiger partial charge in [0.2, 0.25) is 5.91 Å². The van der Waals surface area contributed by atoms with Gasteiger partial charge in [-0.2, -0.15) is 0 Å². The van der Waals surface area contributed by atoms with Crippen molar-refractivity contribution in [3.8, 4) is 0 Å². The molecule has 1 amide bonds. The highest BCUT2D eigenvalue weighted by molar-refractivity contribution is 5.86. The van der Waals surface area contributed by atoms with E-state index in [0.717, 1.165) is 4.90 Å². The molecule has 0 aromatic rings. The lowest BCUT2D eigenvalue weighted by atomic mass is 10.4. The van der Waals surface area contributed by atoms with E-state index in [-0.39, 0.29) is 6.54 Å². The molecule has 0 spiro atoms. The summed E-state index contributed by atoms with van der Waals surface area (Å²) in [6.07, 6.45) is 0. The number of carboxylic acids is 2.